The number of hydrogen-bond donors (Lipinski definition) is 4. The van der Waals surface area contributed by atoms with Gasteiger partial charge in [-0.25, -0.2) is 4.98 Å². The van der Waals surface area contributed by atoms with E-state index in [1.165, 1.54) is 12.8 Å². The Balaban J connectivity index is 0.624. The number of hydrogen-bond acceptors (Lipinski definition) is 17. The summed E-state index contributed by atoms with van der Waals surface area (Å²) in [5.41, 5.74) is 13.5. The molecule has 18 nitrogen and oxygen atoms in total. The van der Waals surface area contributed by atoms with E-state index in [2.05, 4.69) is 50.2 Å². The molecule has 2 aromatic carbocycles. The van der Waals surface area contributed by atoms with Crippen LogP contribution in [0.15, 0.2) is 70.7 Å². The van der Waals surface area contributed by atoms with Crippen molar-refractivity contribution < 1.29 is 29.1 Å². The van der Waals surface area contributed by atoms with Crippen LogP contribution in [0.4, 0.5) is 17.3 Å². The number of aliphatic hydroxyl groups is 1. The van der Waals surface area contributed by atoms with Crippen molar-refractivity contribution in [3.63, 3.8) is 0 Å². The molecule has 6 aliphatic rings. The number of aryl methyl sites for hydroxylation is 1. The SMILES string of the molecule is Cc1ncsc1-c1ccc([C@H](C)NC(=O)[C@@H]2C[C@@H](O)CN2C(=O)[C@@H](c2cc(N3CCC(CN4CCC(N5CCO[C@H](CN6C7CCC6CN(c6cc(-c8ccccc8O)nnc6N)C7)C5)CC4)CC3)no2)C(C)C)cc1. The number of amides is 2. The van der Waals surface area contributed by atoms with Gasteiger partial charge in [-0.3, -0.25) is 19.4 Å². The van der Waals surface area contributed by atoms with Crippen LogP contribution in [0.5, 0.6) is 5.75 Å². The van der Waals surface area contributed by atoms with Gasteiger partial charge >= 0.3 is 0 Å². The summed E-state index contributed by atoms with van der Waals surface area (Å²) in [7, 11) is 0. The zero-order valence-electron chi connectivity index (χ0n) is 44.5. The van der Waals surface area contributed by atoms with Crippen LogP contribution in [0.3, 0.4) is 0 Å². The van der Waals surface area contributed by atoms with Gasteiger partial charge in [0, 0.05) is 95.1 Å². The number of nitrogens with two attached hydrogens (primary N) is 1. The number of aromatic hydroxyl groups is 1. The highest BCUT2D eigenvalue weighted by atomic mass is 32.1. The number of likely N-dealkylation sites (tertiary alicyclic amines) is 2. The van der Waals surface area contributed by atoms with Gasteiger partial charge in [0.15, 0.2) is 17.4 Å². The van der Waals surface area contributed by atoms with Gasteiger partial charge in [0.05, 0.1) is 52.3 Å². The van der Waals surface area contributed by atoms with Gasteiger partial charge in [-0.1, -0.05) is 55.4 Å². The number of phenols is 1. The molecule has 5 aromatic rings. The molecular weight excluding hydrogens is 981 g/mol. The number of benzene rings is 2. The number of rotatable bonds is 15. The number of carbonyl (C=O) groups is 2. The minimum absolute atomic E-state index is 0.0906. The highest BCUT2D eigenvalue weighted by Gasteiger charge is 2.45. The van der Waals surface area contributed by atoms with Crippen LogP contribution in [-0.4, -0.2) is 177 Å². The van der Waals surface area contributed by atoms with Crippen molar-refractivity contribution in [1.82, 2.24) is 45.3 Å². The van der Waals surface area contributed by atoms with Crippen LogP contribution >= 0.6 is 11.3 Å². The third-order valence-corrected chi connectivity index (χ3v) is 18.4. The number of para-hydroxylation sites is 1. The van der Waals surface area contributed by atoms with Crippen LogP contribution in [0.1, 0.15) is 94.7 Å². The summed E-state index contributed by atoms with van der Waals surface area (Å²) < 4.78 is 12.4. The Kier molecular flexibility index (Phi) is 15.6. The maximum Gasteiger partial charge on any atom is 0.243 e. The third-order valence-electron chi connectivity index (χ3n) is 17.5. The van der Waals surface area contributed by atoms with Gasteiger partial charge in [-0.2, -0.15) is 0 Å². The van der Waals surface area contributed by atoms with Gasteiger partial charge in [0.1, 0.15) is 17.7 Å². The molecular formula is C57H76N12O6S. The maximum absolute atomic E-state index is 14.4. The van der Waals surface area contributed by atoms with Crippen LogP contribution in [0.25, 0.3) is 21.7 Å². The standard InChI is InChI=1S/C57H76N12O6S/c1-35(2)53(57(73)69-31-44(70)25-49(69)56(72)60-36(3)39-9-11-40(12-10-39)54-37(4)59-34-76-54)51-27-52(63-75-51)65-21-15-38(16-22-65)28-64-19-17-41(18-20-64)66-23-24-74-45(32-66)33-68-42-13-14-43(68)30-67(29-42)48-26-47(61-62-55(48)58)46-7-5-6-8-50(46)71/h5-12,26-27,34-36,38,41-45,49,53,70-71H,13-25,28-33H2,1-4H3,(H2,58,62)(H,60,72)/t36-,42?,43?,44+,45-,49-,53+/m0/s1. The van der Waals surface area contributed by atoms with E-state index in [9.17, 15) is 19.8 Å². The van der Waals surface area contributed by atoms with Crippen LogP contribution in [-0.2, 0) is 14.3 Å². The lowest BCUT2D eigenvalue weighted by atomic mass is 9.91. The number of carbonyl (C=O) groups excluding carboxylic acids is 2. The second-order valence-corrected chi connectivity index (χ2v) is 23.6. The monoisotopic (exact) mass is 1060 g/mol. The Labute approximate surface area is 450 Å². The van der Waals surface area contributed by atoms with E-state index in [-0.39, 0.29) is 48.6 Å². The number of β-amino-alcohol motifs (C(OH)–C–C–N with tert-alkyl or cyclic N) is 1. The summed E-state index contributed by atoms with van der Waals surface area (Å²) in [6.45, 7) is 18.6. The second-order valence-electron chi connectivity index (χ2n) is 22.8. The number of phenolic OH excluding ortho intramolecular Hbond substituents is 1. The number of piperidine rings is 2. The predicted octanol–water partition coefficient (Wildman–Crippen LogP) is 6.16. The molecule has 19 heteroatoms. The van der Waals surface area contributed by atoms with E-state index in [0.29, 0.717) is 46.9 Å². The Morgan fingerprint density at radius 1 is 0.855 bits per heavy atom. The van der Waals surface area contributed by atoms with E-state index in [1.807, 2.05) is 81.7 Å². The summed E-state index contributed by atoms with van der Waals surface area (Å²) in [6, 6.07) is 19.6. The molecule has 7 atom stereocenters. The topological polar surface area (TPSA) is 206 Å². The average Bonchev–Trinajstić information content (AvgIpc) is 4.24. The third kappa shape index (κ3) is 11.2. The number of thiazole rings is 1. The zero-order valence-corrected chi connectivity index (χ0v) is 45.4. The first-order chi connectivity index (χ1) is 36.8. The number of nitrogen functional groups attached to an aromatic ring is 1. The zero-order chi connectivity index (χ0) is 52.6. The Morgan fingerprint density at radius 3 is 2.32 bits per heavy atom. The summed E-state index contributed by atoms with van der Waals surface area (Å²) in [5, 5.41) is 37.5. The first-order valence-corrected chi connectivity index (χ1v) is 28.7. The molecule has 9 heterocycles. The van der Waals surface area contributed by atoms with Crippen LogP contribution < -0.4 is 20.9 Å². The first-order valence-electron chi connectivity index (χ1n) is 27.8. The van der Waals surface area contributed by atoms with E-state index < -0.39 is 18.1 Å². The fraction of sp³-hybridized carbons (Fsp3) is 0.579. The summed E-state index contributed by atoms with van der Waals surface area (Å²) in [6.07, 6.45) is 6.39. The van der Waals surface area contributed by atoms with E-state index in [1.54, 1.807) is 28.4 Å². The van der Waals surface area contributed by atoms with Crippen molar-refractivity contribution in [1.29, 1.82) is 0 Å². The van der Waals surface area contributed by atoms with Crippen molar-refractivity contribution in [2.45, 2.75) is 121 Å². The Hall–Kier alpha value is -5.70. The van der Waals surface area contributed by atoms with E-state index in [0.717, 1.165) is 131 Å². The van der Waals surface area contributed by atoms with Crippen molar-refractivity contribution in [2.75, 3.05) is 94.1 Å². The molecule has 0 spiro atoms. The number of nitrogens with one attached hydrogen (secondary N) is 1. The van der Waals surface area contributed by atoms with Crippen molar-refractivity contribution in [3.05, 3.63) is 83.2 Å². The minimum Gasteiger partial charge on any atom is -0.507 e. The first kappa shape index (κ1) is 52.4. The number of aromatic nitrogens is 4. The highest BCUT2D eigenvalue weighted by molar-refractivity contribution is 7.13. The Bertz CT molecular complexity index is 2780. The molecule has 0 aliphatic carbocycles. The average molecular weight is 1060 g/mol. The molecule has 2 amide bonds. The fourth-order valence-electron chi connectivity index (χ4n) is 13.2. The molecule has 406 valence electrons. The van der Waals surface area contributed by atoms with Gasteiger partial charge in [-0.15, -0.1) is 21.5 Å². The summed E-state index contributed by atoms with van der Waals surface area (Å²) in [4.78, 5) is 48.1. The number of morpholine rings is 1. The fourth-order valence-corrected chi connectivity index (χ4v) is 14.0. The molecule has 11 rings (SSSR count). The van der Waals surface area contributed by atoms with Gasteiger partial charge < -0.3 is 50.1 Å². The van der Waals surface area contributed by atoms with Crippen LogP contribution in [0, 0.1) is 18.8 Å². The molecule has 3 aromatic heterocycles. The molecule has 5 N–H and O–H groups in total. The van der Waals surface area contributed by atoms with Crippen molar-refractivity contribution in [3.8, 4) is 27.4 Å². The van der Waals surface area contributed by atoms with Gasteiger partial charge in [-0.05, 0) is 107 Å². The smallest absolute Gasteiger partial charge is 0.243 e. The highest BCUT2D eigenvalue weighted by Crippen LogP contribution is 2.39. The molecule has 2 unspecified atom stereocenters. The van der Waals surface area contributed by atoms with Crippen molar-refractivity contribution >= 4 is 40.5 Å². The molecule has 0 radical (unpaired) electrons. The van der Waals surface area contributed by atoms with E-state index >= 15 is 0 Å². The van der Waals surface area contributed by atoms with Crippen LogP contribution in [0.2, 0.25) is 0 Å². The lowest BCUT2D eigenvalue weighted by Gasteiger charge is -2.46. The number of piperazine rings is 1. The lowest BCUT2D eigenvalue weighted by molar-refractivity contribution is -0.141. The normalized spacial score (nSPS) is 25.1. The summed E-state index contributed by atoms with van der Waals surface area (Å²) >= 11 is 1.60. The number of anilines is 3. The number of aliphatic hydroxyl groups excluding tert-OH is 1. The van der Waals surface area contributed by atoms with Crippen molar-refractivity contribution in [2.24, 2.45) is 11.8 Å². The molecule has 6 aliphatic heterocycles. The van der Waals surface area contributed by atoms with Gasteiger partial charge in [0.2, 0.25) is 11.8 Å². The molecule has 0 saturated carbocycles. The molecule has 6 saturated heterocycles. The van der Waals surface area contributed by atoms with E-state index in [4.69, 9.17) is 15.0 Å². The number of nitrogens with zero attached hydrogens (tertiary/aromatic N) is 10. The quantitative estimate of drug-likeness (QED) is 0.0926. The number of ether oxygens (including phenoxy) is 1. The lowest BCUT2D eigenvalue weighted by Crippen LogP contribution is -2.59. The minimum atomic E-state index is -0.797. The molecule has 76 heavy (non-hydrogen) atoms. The molecule has 6 fully saturated rings. The summed E-state index contributed by atoms with van der Waals surface area (Å²) in [5.74, 6) is 1.18. The number of fused-ring (bicyclic) bond motifs is 2. The molecule has 2 bridgehead atoms. The second kappa shape index (κ2) is 22.7. The predicted molar refractivity (Wildman–Crippen MR) is 294 cm³/mol. The largest absolute Gasteiger partial charge is 0.507 e. The van der Waals surface area contributed by atoms with Gasteiger partial charge in [0.25, 0.3) is 0 Å². The Morgan fingerprint density at radius 2 is 1.61 bits per heavy atom. The maximum atomic E-state index is 14.4.